The van der Waals surface area contributed by atoms with E-state index < -0.39 is 11.0 Å². The van der Waals surface area contributed by atoms with Crippen molar-refractivity contribution < 1.29 is 4.21 Å². The van der Waals surface area contributed by atoms with Crippen molar-refractivity contribution in [2.75, 3.05) is 0 Å². The number of hydrogen-bond acceptors (Lipinski definition) is 1. The van der Waals surface area contributed by atoms with Gasteiger partial charge in [0.15, 0.2) is 0 Å². The molecule has 1 atom stereocenters. The number of nitrogens with zero attached hydrogens (tertiary/aromatic N) is 1. The van der Waals surface area contributed by atoms with E-state index in [-0.39, 0.29) is 4.75 Å². The van der Waals surface area contributed by atoms with E-state index in [1.54, 1.807) is 0 Å². The first-order chi connectivity index (χ1) is 7.88. The minimum Gasteiger partial charge on any atom is -0.234 e. The lowest BCUT2D eigenvalue weighted by molar-refractivity contribution is 0.650. The van der Waals surface area contributed by atoms with Crippen molar-refractivity contribution in [2.24, 2.45) is 4.40 Å². The third-order valence-corrected chi connectivity index (χ3v) is 4.40. The second-order valence-electron chi connectivity index (χ2n) is 5.20. The Hall–Kier alpha value is -0.670. The summed E-state index contributed by atoms with van der Waals surface area (Å²) in [5, 5.41) is 0.708. The average Bonchev–Trinajstić information content (AvgIpc) is 2.60. The summed E-state index contributed by atoms with van der Waals surface area (Å²) in [7, 11) is -1.20. The second-order valence-corrected chi connectivity index (χ2v) is 7.54. The zero-order valence-electron chi connectivity index (χ0n) is 10.3. The maximum absolute atomic E-state index is 12.0. The predicted octanol–water partition coefficient (Wildman–Crippen LogP) is 3.54. The number of fused-ring (bicyclic) bond motifs is 1. The minimum absolute atomic E-state index is 0.311. The van der Waals surface area contributed by atoms with E-state index in [1.165, 1.54) is 5.56 Å². The number of rotatable bonds is 1. The molecule has 1 aliphatic carbocycles. The largest absolute Gasteiger partial charge is 0.234 e. The summed E-state index contributed by atoms with van der Waals surface area (Å²) in [6.45, 7) is 5.79. The molecule has 0 aromatic heterocycles. The molecule has 0 spiro atoms. The molecule has 1 aromatic carbocycles. The van der Waals surface area contributed by atoms with Crippen molar-refractivity contribution in [3.8, 4) is 0 Å². The molecule has 17 heavy (non-hydrogen) atoms. The highest BCUT2D eigenvalue weighted by Gasteiger charge is 2.23. The van der Waals surface area contributed by atoms with Crippen LogP contribution in [0.2, 0.25) is 5.02 Å². The van der Waals surface area contributed by atoms with Crippen LogP contribution in [-0.2, 0) is 17.4 Å². The molecule has 4 heteroatoms. The summed E-state index contributed by atoms with van der Waals surface area (Å²) < 4.78 is 16.1. The summed E-state index contributed by atoms with van der Waals surface area (Å²) in [6.07, 6.45) is 1.82. The van der Waals surface area contributed by atoms with Crippen LogP contribution in [0.5, 0.6) is 0 Å². The SMILES string of the molecule is CC(C)(C)S(=O)/N=C1\CCc2ccc(Cl)cc21. The van der Waals surface area contributed by atoms with Gasteiger partial charge in [0.2, 0.25) is 0 Å². The lowest BCUT2D eigenvalue weighted by atomic mass is 10.1. The molecule has 0 saturated carbocycles. The quantitative estimate of drug-likeness (QED) is 0.767. The third-order valence-electron chi connectivity index (χ3n) is 2.73. The zero-order chi connectivity index (χ0) is 12.6. The topological polar surface area (TPSA) is 29.4 Å². The maximum atomic E-state index is 12.0. The highest BCUT2D eigenvalue weighted by atomic mass is 35.5. The van der Waals surface area contributed by atoms with Gasteiger partial charge in [0.1, 0.15) is 11.0 Å². The van der Waals surface area contributed by atoms with Crippen molar-refractivity contribution in [1.29, 1.82) is 0 Å². The van der Waals surface area contributed by atoms with Crippen LogP contribution in [0.15, 0.2) is 22.6 Å². The Morgan fingerprint density at radius 1 is 1.29 bits per heavy atom. The Morgan fingerprint density at radius 3 is 2.65 bits per heavy atom. The van der Waals surface area contributed by atoms with E-state index in [9.17, 15) is 4.21 Å². The fourth-order valence-corrected chi connectivity index (χ4v) is 2.59. The molecule has 2 rings (SSSR count). The van der Waals surface area contributed by atoms with Crippen LogP contribution in [0, 0.1) is 0 Å². The van der Waals surface area contributed by atoms with Gasteiger partial charge in [-0.2, -0.15) is 4.40 Å². The van der Waals surface area contributed by atoms with E-state index in [0.29, 0.717) is 5.02 Å². The summed E-state index contributed by atoms with van der Waals surface area (Å²) in [5.74, 6) is 0. The van der Waals surface area contributed by atoms with Crippen LogP contribution in [0.25, 0.3) is 0 Å². The van der Waals surface area contributed by atoms with Gasteiger partial charge in [-0.15, -0.1) is 0 Å². The molecule has 1 aliphatic rings. The van der Waals surface area contributed by atoms with E-state index in [2.05, 4.69) is 4.40 Å². The predicted molar refractivity (Wildman–Crippen MR) is 74.2 cm³/mol. The Kier molecular flexibility index (Phi) is 3.41. The minimum atomic E-state index is -1.20. The van der Waals surface area contributed by atoms with Gasteiger partial charge in [-0.05, 0) is 51.3 Å². The Morgan fingerprint density at radius 2 is 2.00 bits per heavy atom. The molecule has 0 heterocycles. The maximum Gasteiger partial charge on any atom is 0.145 e. The molecular formula is C13H16ClNOS. The normalized spacial score (nSPS) is 19.4. The molecule has 0 radical (unpaired) electrons. The molecule has 0 aliphatic heterocycles. The van der Waals surface area contributed by atoms with Gasteiger partial charge < -0.3 is 0 Å². The molecule has 1 aromatic rings. The van der Waals surface area contributed by atoms with Crippen LogP contribution < -0.4 is 0 Å². The van der Waals surface area contributed by atoms with Crippen LogP contribution in [0.3, 0.4) is 0 Å². The third kappa shape index (κ3) is 2.78. The molecule has 0 saturated heterocycles. The van der Waals surface area contributed by atoms with Gasteiger partial charge in [0, 0.05) is 10.6 Å². The number of hydrogen-bond donors (Lipinski definition) is 0. The van der Waals surface area contributed by atoms with E-state index in [4.69, 9.17) is 11.6 Å². The smallest absolute Gasteiger partial charge is 0.145 e. The Bertz CT molecular complexity index is 503. The first-order valence-electron chi connectivity index (χ1n) is 5.66. The highest BCUT2D eigenvalue weighted by molar-refractivity contribution is 7.85. The Balaban J connectivity index is 2.37. The number of halogens is 1. The summed E-state index contributed by atoms with van der Waals surface area (Å²) in [6, 6.07) is 5.84. The average molecular weight is 270 g/mol. The van der Waals surface area contributed by atoms with Crippen molar-refractivity contribution in [3.63, 3.8) is 0 Å². The molecule has 92 valence electrons. The molecule has 1 unspecified atom stereocenters. The van der Waals surface area contributed by atoms with Crippen LogP contribution in [-0.4, -0.2) is 14.7 Å². The van der Waals surface area contributed by atoms with Crippen molar-refractivity contribution >= 4 is 28.3 Å². The highest BCUT2D eigenvalue weighted by Crippen LogP contribution is 2.27. The first kappa shape index (κ1) is 12.8. The summed E-state index contributed by atoms with van der Waals surface area (Å²) in [5.41, 5.74) is 3.24. The molecular weight excluding hydrogens is 254 g/mol. The summed E-state index contributed by atoms with van der Waals surface area (Å²) in [4.78, 5) is 0. The van der Waals surface area contributed by atoms with E-state index in [1.807, 2.05) is 39.0 Å². The van der Waals surface area contributed by atoms with Crippen LogP contribution >= 0.6 is 11.6 Å². The lowest BCUT2D eigenvalue weighted by Crippen LogP contribution is -2.20. The molecule has 2 nitrogen and oxygen atoms in total. The standard InChI is InChI=1S/C13H16ClNOS/c1-13(2,3)17(16)15-12-7-5-9-4-6-10(14)8-11(9)12/h4,6,8H,5,7H2,1-3H3/b15-12+. The second kappa shape index (κ2) is 4.54. The van der Waals surface area contributed by atoms with Crippen molar-refractivity contribution in [1.82, 2.24) is 0 Å². The molecule has 0 amide bonds. The molecule has 0 N–H and O–H groups in total. The van der Waals surface area contributed by atoms with Crippen LogP contribution in [0.1, 0.15) is 38.3 Å². The van der Waals surface area contributed by atoms with Crippen LogP contribution in [0.4, 0.5) is 0 Å². The monoisotopic (exact) mass is 269 g/mol. The fourth-order valence-electron chi connectivity index (χ4n) is 1.75. The molecule has 0 fully saturated rings. The van der Waals surface area contributed by atoms with Crippen molar-refractivity contribution in [3.05, 3.63) is 34.3 Å². The van der Waals surface area contributed by atoms with E-state index >= 15 is 0 Å². The van der Waals surface area contributed by atoms with Gasteiger partial charge in [0.25, 0.3) is 0 Å². The number of aryl methyl sites for hydroxylation is 1. The first-order valence-corrected chi connectivity index (χ1v) is 7.15. The van der Waals surface area contributed by atoms with Gasteiger partial charge in [-0.1, -0.05) is 17.7 Å². The Labute approximate surface area is 110 Å². The lowest BCUT2D eigenvalue weighted by Gasteiger charge is -2.14. The van der Waals surface area contributed by atoms with Gasteiger partial charge in [0.05, 0.1) is 10.5 Å². The van der Waals surface area contributed by atoms with Gasteiger partial charge in [-0.25, -0.2) is 4.21 Å². The van der Waals surface area contributed by atoms with Crippen molar-refractivity contribution in [2.45, 2.75) is 38.4 Å². The van der Waals surface area contributed by atoms with Gasteiger partial charge in [-0.3, -0.25) is 0 Å². The number of benzene rings is 1. The van der Waals surface area contributed by atoms with E-state index in [0.717, 1.165) is 24.1 Å². The fraction of sp³-hybridized carbons (Fsp3) is 0.462. The zero-order valence-corrected chi connectivity index (χ0v) is 11.9. The summed E-state index contributed by atoms with van der Waals surface area (Å²) >= 11 is 5.98. The van der Waals surface area contributed by atoms with Gasteiger partial charge >= 0.3 is 0 Å². The molecule has 0 bridgehead atoms.